The number of amides is 1. The normalized spacial score (nSPS) is 41.6. The average Bonchev–Trinajstić information content (AvgIpc) is 3.35. The molecule has 25 heteroatoms. The zero-order valence-corrected chi connectivity index (χ0v) is 25.7. The molecular weight excluding hydrogens is 683 g/mol. The summed E-state index contributed by atoms with van der Waals surface area (Å²) in [4.78, 5) is 44.8. The Balaban J connectivity index is 0.979. The molecule has 11 atom stereocenters. The van der Waals surface area contributed by atoms with Crippen LogP contribution in [0, 0.1) is 0 Å². The SMILES string of the molecule is NC(=O)C1=CN([C@@H]2O[C@H](COP(=O)(O)OP(=O)(O)OC[C@]34O[C@@H](n5cnc6c(N)ncnc65)[C@]5(O)[C@]3(O)P45=O)[C@@H](O)[C@H]2O)C=CC1. The van der Waals surface area contributed by atoms with Crippen LogP contribution in [0.3, 0.4) is 0 Å². The maximum atomic E-state index is 13.5. The molecule has 250 valence electrons. The van der Waals surface area contributed by atoms with Crippen LogP contribution < -0.4 is 11.5 Å². The van der Waals surface area contributed by atoms with Crippen molar-refractivity contribution in [3.05, 3.63) is 36.7 Å². The van der Waals surface area contributed by atoms with E-state index in [1.54, 1.807) is 6.08 Å². The zero-order valence-electron chi connectivity index (χ0n) is 23.0. The van der Waals surface area contributed by atoms with E-state index < -0.39 is 88.7 Å². The monoisotopic (exact) mass is 709 g/mol. The van der Waals surface area contributed by atoms with Gasteiger partial charge >= 0.3 is 15.6 Å². The number of primary amides is 1. The Kier molecular flexibility index (Phi) is 6.90. The van der Waals surface area contributed by atoms with Gasteiger partial charge in [0.15, 0.2) is 36.4 Å². The van der Waals surface area contributed by atoms with E-state index in [-0.39, 0.29) is 29.0 Å². The van der Waals surface area contributed by atoms with Crippen LogP contribution in [-0.4, -0.2) is 114 Å². The summed E-state index contributed by atoms with van der Waals surface area (Å²) >= 11 is 0. The van der Waals surface area contributed by atoms with Crippen LogP contribution in [0.2, 0.25) is 0 Å². The van der Waals surface area contributed by atoms with Crippen LogP contribution in [0.15, 0.2) is 36.7 Å². The van der Waals surface area contributed by atoms with Crippen molar-refractivity contribution < 1.29 is 71.5 Å². The van der Waals surface area contributed by atoms with Gasteiger partial charge in [-0.05, 0) is 6.42 Å². The lowest BCUT2D eigenvalue weighted by atomic mass is 10.1. The van der Waals surface area contributed by atoms with Crippen molar-refractivity contribution in [2.24, 2.45) is 5.73 Å². The van der Waals surface area contributed by atoms with Crippen molar-refractivity contribution >= 4 is 45.7 Å². The van der Waals surface area contributed by atoms with Gasteiger partial charge in [-0.15, -0.1) is 0 Å². The molecule has 22 nitrogen and oxygen atoms in total. The first-order valence-electron chi connectivity index (χ1n) is 13.2. The average molecular weight is 709 g/mol. The molecule has 6 aliphatic heterocycles. The number of nitrogens with zero attached hydrogens (tertiary/aromatic N) is 5. The van der Waals surface area contributed by atoms with E-state index in [4.69, 9.17) is 30.0 Å². The first-order valence-corrected chi connectivity index (χ1v) is 17.9. The highest BCUT2D eigenvalue weighted by atomic mass is 31.3. The minimum absolute atomic E-state index is 0.00839. The Labute approximate surface area is 256 Å². The molecule has 0 aromatic carbocycles. The van der Waals surface area contributed by atoms with Gasteiger partial charge in [0.05, 0.1) is 19.5 Å². The van der Waals surface area contributed by atoms with Crippen LogP contribution in [0.5, 0.6) is 0 Å². The van der Waals surface area contributed by atoms with Crippen molar-refractivity contribution in [3.63, 3.8) is 0 Å². The smallest absolute Gasteiger partial charge is 0.387 e. The Morgan fingerprint density at radius 3 is 2.54 bits per heavy atom. The quantitative estimate of drug-likeness (QED) is 0.114. The number of hydrogen-bond acceptors (Lipinski definition) is 18. The fourth-order valence-electron chi connectivity index (χ4n) is 6.26. The molecule has 10 N–H and O–H groups in total. The number of rotatable bonds is 11. The third-order valence-electron chi connectivity index (χ3n) is 8.59. The van der Waals surface area contributed by atoms with Crippen molar-refractivity contribution in [1.82, 2.24) is 24.4 Å². The number of anilines is 1. The first-order chi connectivity index (χ1) is 21.4. The van der Waals surface area contributed by atoms with Gasteiger partial charge in [-0.25, -0.2) is 24.1 Å². The van der Waals surface area contributed by atoms with E-state index >= 15 is 0 Å². The summed E-state index contributed by atoms with van der Waals surface area (Å²) in [6.45, 7) is -2.06. The largest absolute Gasteiger partial charge is 0.481 e. The minimum atomic E-state index is -5.53. The van der Waals surface area contributed by atoms with E-state index in [0.29, 0.717) is 0 Å². The highest BCUT2D eigenvalue weighted by molar-refractivity contribution is 7.86. The lowest BCUT2D eigenvalue weighted by Crippen LogP contribution is -2.40. The number of imidazole rings is 1. The Bertz CT molecular complexity index is 1870. The van der Waals surface area contributed by atoms with Crippen molar-refractivity contribution in [3.8, 4) is 0 Å². The van der Waals surface area contributed by atoms with Gasteiger partial charge in [0, 0.05) is 18.0 Å². The molecule has 2 aromatic heterocycles. The first kappa shape index (κ1) is 31.9. The fraction of sp³-hybridized carbons (Fsp3) is 0.524. The summed E-state index contributed by atoms with van der Waals surface area (Å²) in [5.74, 6) is -0.732. The number of fused-ring (bicyclic) bond motifs is 2. The molecule has 8 rings (SSSR count). The van der Waals surface area contributed by atoms with Gasteiger partial charge < -0.3 is 60.6 Å². The summed E-state index contributed by atoms with van der Waals surface area (Å²) < 4.78 is 64.6. The fourth-order valence-corrected chi connectivity index (χ4v) is 12.9. The molecular formula is C21H26N7O15P3. The van der Waals surface area contributed by atoms with E-state index in [1.165, 1.54) is 17.3 Å². The third-order valence-corrected chi connectivity index (χ3v) is 15.4. The van der Waals surface area contributed by atoms with Crippen LogP contribution in [0.25, 0.3) is 11.2 Å². The molecule has 2 aromatic rings. The Morgan fingerprint density at radius 1 is 1.15 bits per heavy atom. The van der Waals surface area contributed by atoms with Gasteiger partial charge in [0.1, 0.15) is 30.2 Å². The van der Waals surface area contributed by atoms with Crippen molar-refractivity contribution in [1.29, 1.82) is 0 Å². The second kappa shape index (κ2) is 9.94. The number of phosphoric acid groups is 2. The maximum absolute atomic E-state index is 13.5. The molecule has 46 heavy (non-hydrogen) atoms. The summed E-state index contributed by atoms with van der Waals surface area (Å²) in [5.41, 5.74) is 11.4. The van der Waals surface area contributed by atoms with Crippen molar-refractivity contribution in [2.75, 3.05) is 18.9 Å². The number of aliphatic hydroxyl groups is 4. The zero-order chi connectivity index (χ0) is 33.2. The van der Waals surface area contributed by atoms with E-state index in [2.05, 4.69) is 19.3 Å². The number of nitrogen functional groups attached to an aromatic ring is 1. The van der Waals surface area contributed by atoms with Gasteiger partial charge in [-0.3, -0.25) is 18.4 Å². The molecule has 8 heterocycles. The van der Waals surface area contributed by atoms with Gasteiger partial charge in [0.2, 0.25) is 16.6 Å². The van der Waals surface area contributed by atoms with Crippen LogP contribution in [0.1, 0.15) is 12.6 Å². The van der Waals surface area contributed by atoms with Crippen LogP contribution in [0.4, 0.5) is 5.82 Å². The molecule has 0 radical (unpaired) electrons. The number of carbonyl (C=O) groups excluding carboxylic acids is 1. The summed E-state index contributed by atoms with van der Waals surface area (Å²) in [7, 11) is -15.0. The molecule has 3 unspecified atom stereocenters. The predicted octanol–water partition coefficient (Wildman–Crippen LogP) is -2.31. The van der Waals surface area contributed by atoms with Crippen molar-refractivity contribution in [2.45, 2.75) is 53.2 Å². The number of phosphoric ester groups is 2. The number of ether oxygens (including phenoxy) is 2. The van der Waals surface area contributed by atoms with E-state index in [1.807, 2.05) is 0 Å². The van der Waals surface area contributed by atoms with Gasteiger partial charge in [0.25, 0.3) is 0 Å². The molecule has 0 spiro atoms. The van der Waals surface area contributed by atoms with Crippen LogP contribution >= 0.6 is 22.8 Å². The highest BCUT2D eigenvalue weighted by Crippen LogP contribution is 3.18. The standard InChI is InChI=1S/C21H26N7O15P3/c22-14-11-16(25-7-24-14)28(8-26-11)18-20(32)21(33)19(42-18,44(20,21)34)6-40-46(37,38)43-45(35,36)39-5-10-12(29)13(30)17(41-10)27-3-1-2-9(4-27)15(23)31/h1,3-4,7-8,10,12-13,17-18,29-30,32-33H,2,5-6H2,(H2,23,31)(H,35,36)(H,37,38)(H2,22,24,25)/t10-,12-,13-,17-,18-,19-,20-,21-,44?/m1/s1. The molecule has 5 saturated heterocycles. The highest BCUT2D eigenvalue weighted by Gasteiger charge is 3.22. The van der Waals surface area contributed by atoms with Crippen LogP contribution in [-0.2, 0) is 41.3 Å². The van der Waals surface area contributed by atoms with Gasteiger partial charge in [-0.2, -0.15) is 4.31 Å². The van der Waals surface area contributed by atoms with Gasteiger partial charge in [-0.1, -0.05) is 6.08 Å². The summed E-state index contributed by atoms with van der Waals surface area (Å²) in [6, 6.07) is 0. The van der Waals surface area contributed by atoms with E-state index in [9.17, 15) is 48.7 Å². The number of aromatic nitrogens is 4. The second-order valence-electron chi connectivity index (χ2n) is 11.0. The minimum Gasteiger partial charge on any atom is -0.387 e. The number of aliphatic hydroxyl groups excluding tert-OH is 2. The summed E-state index contributed by atoms with van der Waals surface area (Å²) in [6.07, 6.45) is -0.782. The topological polar surface area (TPSA) is 335 Å². The Morgan fingerprint density at radius 2 is 1.85 bits per heavy atom. The Hall–Kier alpha value is -2.65. The molecule has 2 bridgehead atoms. The lowest BCUT2D eigenvalue weighted by Gasteiger charge is -2.28. The molecule has 0 saturated carbocycles. The molecule has 6 aliphatic rings. The number of carbonyl (C=O) groups is 1. The summed E-state index contributed by atoms with van der Waals surface area (Å²) in [5, 5.41) is 35.9. The van der Waals surface area contributed by atoms with E-state index in [0.717, 1.165) is 17.2 Å². The molecule has 1 amide bonds. The number of hydrogen-bond donors (Lipinski definition) is 8. The predicted molar refractivity (Wildman–Crippen MR) is 146 cm³/mol. The maximum Gasteiger partial charge on any atom is 0.481 e. The number of allylic oxidation sites excluding steroid dienone is 1. The molecule has 0 aliphatic carbocycles. The number of nitrogens with two attached hydrogens (primary N) is 2. The lowest BCUT2D eigenvalue weighted by molar-refractivity contribution is -0.115. The third kappa shape index (κ3) is 4.02. The second-order valence-corrected chi connectivity index (χ2v) is 17.3. The molecule has 5 fully saturated rings.